The zero-order valence-electron chi connectivity index (χ0n) is 6.48. The third-order valence-corrected chi connectivity index (χ3v) is 1.08. The van der Waals surface area contributed by atoms with Crippen molar-refractivity contribution in [2.75, 3.05) is 6.61 Å². The van der Waals surface area contributed by atoms with Crippen LogP contribution in [0.25, 0.3) is 0 Å². The van der Waals surface area contributed by atoms with E-state index in [1.807, 2.05) is 6.92 Å². The van der Waals surface area contributed by atoms with Crippen molar-refractivity contribution in [1.29, 1.82) is 0 Å². The lowest BCUT2D eigenvalue weighted by Crippen LogP contribution is -2.09. The van der Waals surface area contributed by atoms with Gasteiger partial charge in [0.15, 0.2) is 0 Å². The number of halogens is 2. The Kier molecular flexibility index (Phi) is 5.70. The second-order valence-electron chi connectivity index (χ2n) is 2.17. The maximum Gasteiger partial charge on any atom is 0.311 e. The Balaban J connectivity index is 3.23. The minimum Gasteiger partial charge on any atom is -0.466 e. The summed E-state index contributed by atoms with van der Waals surface area (Å²) in [5.74, 6) is -0.812. The molecule has 0 saturated carbocycles. The molecule has 0 fully saturated rings. The molecule has 4 heteroatoms. The van der Waals surface area contributed by atoms with Crippen molar-refractivity contribution in [2.24, 2.45) is 0 Å². The van der Waals surface area contributed by atoms with Gasteiger partial charge in [-0.2, -0.15) is 0 Å². The second-order valence-corrected chi connectivity index (χ2v) is 2.17. The highest BCUT2D eigenvalue weighted by Gasteiger charge is 2.10. The molecule has 0 unspecified atom stereocenters. The first-order valence-corrected chi connectivity index (χ1v) is 3.60. The Bertz CT molecular complexity index is 115. The third-order valence-electron chi connectivity index (χ3n) is 1.08. The summed E-state index contributed by atoms with van der Waals surface area (Å²) in [6, 6.07) is 0. The number of hydrogen-bond acceptors (Lipinski definition) is 2. The van der Waals surface area contributed by atoms with Crippen LogP contribution in [0.3, 0.4) is 0 Å². The second kappa shape index (κ2) is 6.07. The van der Waals surface area contributed by atoms with Crippen LogP contribution in [-0.2, 0) is 9.53 Å². The molecule has 0 spiro atoms. The van der Waals surface area contributed by atoms with Crippen LogP contribution in [0, 0.1) is 0 Å². The molecule has 0 saturated heterocycles. The number of rotatable bonds is 5. The summed E-state index contributed by atoms with van der Waals surface area (Å²) in [6.07, 6.45) is -1.76. The number of carbonyl (C=O) groups is 1. The van der Waals surface area contributed by atoms with Crippen molar-refractivity contribution >= 4 is 5.97 Å². The zero-order chi connectivity index (χ0) is 8.69. The Morgan fingerprint density at radius 3 is 2.64 bits per heavy atom. The van der Waals surface area contributed by atoms with Gasteiger partial charge in [-0.25, -0.2) is 8.78 Å². The molecule has 0 aliphatic rings. The molecule has 0 bridgehead atoms. The quantitative estimate of drug-likeness (QED) is 0.461. The number of esters is 1. The molecule has 0 atom stereocenters. The van der Waals surface area contributed by atoms with Crippen LogP contribution in [0.15, 0.2) is 0 Å². The summed E-state index contributed by atoms with van der Waals surface area (Å²) in [5, 5.41) is 0. The fourth-order valence-electron chi connectivity index (χ4n) is 0.515. The van der Waals surface area contributed by atoms with E-state index >= 15 is 0 Å². The van der Waals surface area contributed by atoms with E-state index in [0.717, 1.165) is 12.8 Å². The predicted octanol–water partition coefficient (Wildman–Crippen LogP) is 1.98. The molecule has 0 amide bonds. The molecule has 0 aliphatic heterocycles. The summed E-state index contributed by atoms with van der Waals surface area (Å²) in [5.41, 5.74) is 0. The summed E-state index contributed by atoms with van der Waals surface area (Å²) < 4.78 is 27.5. The molecule has 0 aliphatic carbocycles. The van der Waals surface area contributed by atoms with Crippen molar-refractivity contribution < 1.29 is 18.3 Å². The van der Waals surface area contributed by atoms with Crippen LogP contribution in [-0.4, -0.2) is 19.0 Å². The van der Waals surface area contributed by atoms with Gasteiger partial charge in [-0.3, -0.25) is 4.79 Å². The van der Waals surface area contributed by atoms with E-state index in [4.69, 9.17) is 0 Å². The number of carbonyl (C=O) groups excluding carboxylic acids is 1. The smallest absolute Gasteiger partial charge is 0.311 e. The van der Waals surface area contributed by atoms with Gasteiger partial charge in [0.2, 0.25) is 6.43 Å². The number of alkyl halides is 2. The molecule has 66 valence electrons. The summed E-state index contributed by atoms with van der Waals surface area (Å²) in [4.78, 5) is 10.4. The van der Waals surface area contributed by atoms with Crippen molar-refractivity contribution in [3.63, 3.8) is 0 Å². The lowest BCUT2D eigenvalue weighted by molar-refractivity contribution is -0.146. The number of unbranched alkanes of at least 4 members (excludes halogenated alkanes) is 1. The average molecular weight is 166 g/mol. The minimum absolute atomic E-state index is 0.252. The van der Waals surface area contributed by atoms with E-state index in [9.17, 15) is 13.6 Å². The summed E-state index contributed by atoms with van der Waals surface area (Å²) in [6.45, 7) is 2.18. The van der Waals surface area contributed by atoms with Gasteiger partial charge < -0.3 is 4.74 Å². The lowest BCUT2D eigenvalue weighted by Gasteiger charge is -2.01. The van der Waals surface area contributed by atoms with E-state index in [1.54, 1.807) is 0 Å². The van der Waals surface area contributed by atoms with E-state index in [1.165, 1.54) is 0 Å². The van der Waals surface area contributed by atoms with Gasteiger partial charge in [-0.15, -0.1) is 0 Å². The minimum atomic E-state index is -2.59. The third kappa shape index (κ3) is 7.22. The Morgan fingerprint density at radius 2 is 2.18 bits per heavy atom. The highest BCUT2D eigenvalue weighted by atomic mass is 19.3. The van der Waals surface area contributed by atoms with Crippen molar-refractivity contribution in [1.82, 2.24) is 0 Å². The van der Waals surface area contributed by atoms with Gasteiger partial charge in [-0.1, -0.05) is 13.3 Å². The molecule has 0 heterocycles. The molecular weight excluding hydrogens is 154 g/mol. The van der Waals surface area contributed by atoms with Gasteiger partial charge in [0.05, 0.1) is 6.61 Å². The SMILES string of the molecule is CCCCOC(=O)CC(F)F. The standard InChI is InChI=1S/C7H12F2O2/c1-2-3-4-11-7(10)5-6(8)9/h6H,2-5H2,1H3. The molecule has 0 N–H and O–H groups in total. The molecule has 0 aromatic heterocycles. The van der Waals surface area contributed by atoms with Crippen LogP contribution in [0.4, 0.5) is 8.78 Å². The first-order chi connectivity index (χ1) is 5.16. The van der Waals surface area contributed by atoms with Crippen LogP contribution in [0.1, 0.15) is 26.2 Å². The van der Waals surface area contributed by atoms with Crippen LogP contribution in [0.2, 0.25) is 0 Å². The Hall–Kier alpha value is -0.670. The highest BCUT2D eigenvalue weighted by Crippen LogP contribution is 2.00. The normalized spacial score (nSPS) is 10.2. The maximum absolute atomic E-state index is 11.5. The van der Waals surface area contributed by atoms with Gasteiger partial charge in [0.25, 0.3) is 0 Å². The molecule has 0 radical (unpaired) electrons. The largest absolute Gasteiger partial charge is 0.466 e. The number of ether oxygens (including phenoxy) is 1. The van der Waals surface area contributed by atoms with E-state index in [-0.39, 0.29) is 6.61 Å². The van der Waals surface area contributed by atoms with Gasteiger partial charge in [0, 0.05) is 0 Å². The molecule has 0 rings (SSSR count). The van der Waals surface area contributed by atoms with Crippen molar-refractivity contribution in [3.05, 3.63) is 0 Å². The monoisotopic (exact) mass is 166 g/mol. The van der Waals surface area contributed by atoms with Crippen molar-refractivity contribution in [2.45, 2.75) is 32.6 Å². The van der Waals surface area contributed by atoms with E-state index in [0.29, 0.717) is 0 Å². The number of hydrogen-bond donors (Lipinski definition) is 0. The molecule has 11 heavy (non-hydrogen) atoms. The summed E-state index contributed by atoms with van der Waals surface area (Å²) >= 11 is 0. The first kappa shape index (κ1) is 10.3. The summed E-state index contributed by atoms with van der Waals surface area (Å²) in [7, 11) is 0. The van der Waals surface area contributed by atoms with Gasteiger partial charge in [-0.05, 0) is 6.42 Å². The van der Waals surface area contributed by atoms with E-state index < -0.39 is 18.8 Å². The molecule has 0 aromatic rings. The topological polar surface area (TPSA) is 26.3 Å². The van der Waals surface area contributed by atoms with Crippen LogP contribution in [0.5, 0.6) is 0 Å². The fourth-order valence-corrected chi connectivity index (χ4v) is 0.515. The van der Waals surface area contributed by atoms with Gasteiger partial charge >= 0.3 is 5.97 Å². The van der Waals surface area contributed by atoms with Crippen molar-refractivity contribution in [3.8, 4) is 0 Å². The molecule has 2 nitrogen and oxygen atoms in total. The van der Waals surface area contributed by atoms with Crippen LogP contribution < -0.4 is 0 Å². The molecule has 0 aromatic carbocycles. The molecular formula is C7H12F2O2. The maximum atomic E-state index is 11.5. The zero-order valence-corrected chi connectivity index (χ0v) is 6.48. The predicted molar refractivity (Wildman–Crippen MR) is 36.5 cm³/mol. The lowest BCUT2D eigenvalue weighted by atomic mass is 10.4. The fraction of sp³-hybridized carbons (Fsp3) is 0.857. The Labute approximate surface area is 64.5 Å². The van der Waals surface area contributed by atoms with E-state index in [2.05, 4.69) is 4.74 Å². The highest BCUT2D eigenvalue weighted by molar-refractivity contribution is 5.69. The first-order valence-electron chi connectivity index (χ1n) is 3.60. The Morgan fingerprint density at radius 1 is 1.55 bits per heavy atom. The van der Waals surface area contributed by atoms with Gasteiger partial charge in [0.1, 0.15) is 6.42 Å². The van der Waals surface area contributed by atoms with Crippen LogP contribution >= 0.6 is 0 Å². The average Bonchev–Trinajstić information content (AvgIpc) is 1.86.